The number of carbonyl (C=O) groups excluding carboxylic acids is 1. The molecule has 0 aliphatic carbocycles. The normalized spacial score (nSPS) is 20.1. The van der Waals surface area contributed by atoms with Gasteiger partial charge in [0.05, 0.1) is 23.0 Å². The van der Waals surface area contributed by atoms with Crippen molar-refractivity contribution in [3.8, 4) is 17.6 Å². The fourth-order valence-electron chi connectivity index (χ4n) is 4.44. The van der Waals surface area contributed by atoms with Gasteiger partial charge in [0.1, 0.15) is 0 Å². The predicted octanol–water partition coefficient (Wildman–Crippen LogP) is 2.44. The molecule has 2 aromatic heterocycles. The third-order valence-corrected chi connectivity index (χ3v) is 6.06. The molecule has 164 valence electrons. The molecular weight excluding hydrogens is 408 g/mol. The summed E-state index contributed by atoms with van der Waals surface area (Å²) in [4.78, 5) is 15.1. The first-order valence-corrected chi connectivity index (χ1v) is 10.8. The highest BCUT2D eigenvalue weighted by molar-refractivity contribution is 5.93. The highest BCUT2D eigenvalue weighted by Gasteiger charge is 2.37. The molecule has 2 saturated heterocycles. The van der Waals surface area contributed by atoms with Gasteiger partial charge in [0, 0.05) is 31.3 Å². The van der Waals surface area contributed by atoms with Crippen LogP contribution in [0.1, 0.15) is 40.3 Å². The summed E-state index contributed by atoms with van der Waals surface area (Å²) in [5.41, 5.74) is 2.34. The van der Waals surface area contributed by atoms with Crippen molar-refractivity contribution in [3.05, 3.63) is 59.1 Å². The first kappa shape index (κ1) is 20.3. The number of nitrogens with zero attached hydrogens (tertiary/aromatic N) is 5. The van der Waals surface area contributed by atoms with Crippen molar-refractivity contribution in [1.29, 1.82) is 5.26 Å². The molecule has 1 N–H and O–H groups in total. The van der Waals surface area contributed by atoms with Gasteiger partial charge in [0.2, 0.25) is 5.88 Å². The van der Waals surface area contributed by atoms with Gasteiger partial charge in [-0.3, -0.25) is 4.79 Å². The number of hydrogen-bond donors (Lipinski definition) is 1. The molecule has 2 aliphatic heterocycles. The zero-order valence-corrected chi connectivity index (χ0v) is 17.8. The number of fused-ring (bicyclic) bond motifs is 1. The topological polar surface area (TPSA) is 109 Å². The van der Waals surface area contributed by atoms with Gasteiger partial charge < -0.3 is 19.5 Å². The number of nitriles is 1. The second-order valence-corrected chi connectivity index (χ2v) is 8.33. The van der Waals surface area contributed by atoms with Gasteiger partial charge >= 0.3 is 0 Å². The standard InChI is InChI=1S/C23H24N6O3/c1-15-9-19(32-27-15)14-31-22-10-20(26-29(22)18-6-4-16(11-24)5-7-18)23(30)28-12-17-3-2-8-25-21(17)13-28/h4-7,9-10,17,21,25H,2-3,8,12-14H2,1H3/t17-,21+/m0/s1. The van der Waals surface area contributed by atoms with Crippen molar-refractivity contribution in [2.24, 2.45) is 5.92 Å². The predicted molar refractivity (Wildman–Crippen MR) is 114 cm³/mol. The van der Waals surface area contributed by atoms with E-state index in [1.165, 1.54) is 0 Å². The molecule has 2 aliphatic rings. The minimum atomic E-state index is -0.103. The SMILES string of the molecule is Cc1cc(COc2cc(C(=O)N3C[C@@H]4CCCN[C@@H]4C3)nn2-c2ccc(C#N)cc2)on1. The third-order valence-electron chi connectivity index (χ3n) is 6.06. The Labute approximate surface area is 185 Å². The molecule has 1 aromatic carbocycles. The van der Waals surface area contributed by atoms with Crippen molar-refractivity contribution < 1.29 is 14.1 Å². The Bertz CT molecular complexity index is 1150. The average molecular weight is 432 g/mol. The van der Waals surface area contributed by atoms with Gasteiger partial charge in [-0.05, 0) is 56.5 Å². The van der Waals surface area contributed by atoms with E-state index in [1.807, 2.05) is 11.8 Å². The number of aryl methyl sites for hydroxylation is 1. The summed E-state index contributed by atoms with van der Waals surface area (Å²) in [6.45, 7) is 4.45. The van der Waals surface area contributed by atoms with E-state index in [0.717, 1.165) is 31.6 Å². The van der Waals surface area contributed by atoms with Gasteiger partial charge in [-0.15, -0.1) is 0 Å². The molecule has 9 heteroatoms. The maximum atomic E-state index is 13.3. The van der Waals surface area contributed by atoms with E-state index >= 15 is 0 Å². The molecule has 3 aromatic rings. The Morgan fingerprint density at radius 3 is 2.88 bits per heavy atom. The van der Waals surface area contributed by atoms with E-state index in [2.05, 4.69) is 21.6 Å². The summed E-state index contributed by atoms with van der Waals surface area (Å²) >= 11 is 0. The van der Waals surface area contributed by atoms with Crippen LogP contribution < -0.4 is 10.1 Å². The third kappa shape index (κ3) is 3.97. The molecule has 0 radical (unpaired) electrons. The minimum Gasteiger partial charge on any atom is -0.469 e. The molecule has 2 atom stereocenters. The quantitative estimate of drug-likeness (QED) is 0.659. The van der Waals surface area contributed by atoms with Gasteiger partial charge in [-0.2, -0.15) is 10.4 Å². The van der Waals surface area contributed by atoms with E-state index in [0.29, 0.717) is 47.1 Å². The molecular formula is C23H24N6O3. The van der Waals surface area contributed by atoms with Crippen LogP contribution in [0.5, 0.6) is 5.88 Å². The van der Waals surface area contributed by atoms with E-state index in [4.69, 9.17) is 14.5 Å². The van der Waals surface area contributed by atoms with Gasteiger partial charge in [0.25, 0.3) is 5.91 Å². The molecule has 0 bridgehead atoms. The first-order chi connectivity index (χ1) is 15.6. The van der Waals surface area contributed by atoms with Crippen LogP contribution in [0.15, 0.2) is 40.9 Å². The van der Waals surface area contributed by atoms with Crippen LogP contribution in [0, 0.1) is 24.2 Å². The Kier molecular flexibility index (Phi) is 5.37. The summed E-state index contributed by atoms with van der Waals surface area (Å²) in [6, 6.07) is 12.9. The van der Waals surface area contributed by atoms with E-state index in [1.54, 1.807) is 41.1 Å². The number of amides is 1. The maximum absolute atomic E-state index is 13.3. The molecule has 4 heterocycles. The van der Waals surface area contributed by atoms with Gasteiger partial charge in [0.15, 0.2) is 18.1 Å². The molecule has 1 amide bonds. The van der Waals surface area contributed by atoms with Gasteiger partial charge in [-0.25, -0.2) is 4.68 Å². The fourth-order valence-corrected chi connectivity index (χ4v) is 4.44. The van der Waals surface area contributed by atoms with Gasteiger partial charge in [-0.1, -0.05) is 5.16 Å². The number of aromatic nitrogens is 3. The Morgan fingerprint density at radius 2 is 2.16 bits per heavy atom. The summed E-state index contributed by atoms with van der Waals surface area (Å²) in [5, 5.41) is 21.0. The summed E-state index contributed by atoms with van der Waals surface area (Å²) < 4.78 is 12.8. The number of rotatable bonds is 5. The lowest BCUT2D eigenvalue weighted by atomic mass is 9.94. The molecule has 0 spiro atoms. The van der Waals surface area contributed by atoms with Crippen LogP contribution in [0.3, 0.4) is 0 Å². The largest absolute Gasteiger partial charge is 0.469 e. The second kappa shape index (κ2) is 8.48. The summed E-state index contributed by atoms with van der Waals surface area (Å²) in [5.74, 6) is 1.40. The molecule has 0 unspecified atom stereocenters. The number of benzene rings is 1. The maximum Gasteiger partial charge on any atom is 0.274 e. The Hall–Kier alpha value is -3.64. The summed E-state index contributed by atoms with van der Waals surface area (Å²) in [6.07, 6.45) is 2.29. The smallest absolute Gasteiger partial charge is 0.274 e. The highest BCUT2D eigenvalue weighted by atomic mass is 16.5. The van der Waals surface area contributed by atoms with Crippen molar-refractivity contribution >= 4 is 5.91 Å². The van der Waals surface area contributed by atoms with Crippen molar-refractivity contribution in [3.63, 3.8) is 0 Å². The number of likely N-dealkylation sites (tertiary alicyclic amines) is 1. The van der Waals surface area contributed by atoms with Crippen LogP contribution >= 0.6 is 0 Å². The number of hydrogen-bond acceptors (Lipinski definition) is 7. The van der Waals surface area contributed by atoms with Crippen LogP contribution in [0.2, 0.25) is 0 Å². The molecule has 5 rings (SSSR count). The Balaban J connectivity index is 1.41. The molecule has 32 heavy (non-hydrogen) atoms. The summed E-state index contributed by atoms with van der Waals surface area (Å²) in [7, 11) is 0. The molecule has 9 nitrogen and oxygen atoms in total. The van der Waals surface area contributed by atoms with E-state index in [9.17, 15) is 4.79 Å². The van der Waals surface area contributed by atoms with E-state index < -0.39 is 0 Å². The number of ether oxygens (including phenoxy) is 1. The average Bonchev–Trinajstić information content (AvgIpc) is 3.55. The molecule has 0 saturated carbocycles. The van der Waals surface area contributed by atoms with Crippen molar-refractivity contribution in [2.45, 2.75) is 32.4 Å². The van der Waals surface area contributed by atoms with E-state index in [-0.39, 0.29) is 12.5 Å². The lowest BCUT2D eigenvalue weighted by Crippen LogP contribution is -2.41. The second-order valence-electron chi connectivity index (χ2n) is 8.33. The highest BCUT2D eigenvalue weighted by Crippen LogP contribution is 2.28. The zero-order chi connectivity index (χ0) is 22.1. The van der Waals surface area contributed by atoms with Crippen molar-refractivity contribution in [2.75, 3.05) is 19.6 Å². The van der Waals surface area contributed by atoms with Crippen LogP contribution in [-0.4, -0.2) is 51.4 Å². The fraction of sp³-hybridized carbons (Fsp3) is 0.391. The van der Waals surface area contributed by atoms with Crippen LogP contribution in [-0.2, 0) is 6.61 Å². The lowest BCUT2D eigenvalue weighted by Gasteiger charge is -2.24. The molecule has 2 fully saturated rings. The monoisotopic (exact) mass is 432 g/mol. The first-order valence-electron chi connectivity index (χ1n) is 10.8. The zero-order valence-electron chi connectivity index (χ0n) is 17.8. The lowest BCUT2D eigenvalue weighted by molar-refractivity contribution is 0.0779. The van der Waals surface area contributed by atoms with Crippen LogP contribution in [0.4, 0.5) is 0 Å². The number of nitrogens with one attached hydrogen (secondary N) is 1. The number of carbonyl (C=O) groups is 1. The van der Waals surface area contributed by atoms with Crippen molar-refractivity contribution in [1.82, 2.24) is 25.2 Å². The Morgan fingerprint density at radius 1 is 1.31 bits per heavy atom. The number of piperidine rings is 1. The van der Waals surface area contributed by atoms with Crippen LogP contribution in [0.25, 0.3) is 5.69 Å². The minimum absolute atomic E-state index is 0.103.